The summed E-state index contributed by atoms with van der Waals surface area (Å²) < 4.78 is 16.2. The topological polar surface area (TPSA) is 169 Å². The molecule has 5 atom stereocenters. The molecule has 0 spiro atoms. The second kappa shape index (κ2) is 23.4. The first-order valence-electron chi connectivity index (χ1n) is 10.5. The van der Waals surface area contributed by atoms with Crippen molar-refractivity contribution in [2.24, 2.45) is 0 Å². The van der Waals surface area contributed by atoms with Crippen LogP contribution in [0.4, 0.5) is 0 Å². The molecule has 0 aromatic heterocycles. The van der Waals surface area contributed by atoms with E-state index in [4.69, 9.17) is 24.4 Å². The van der Waals surface area contributed by atoms with Crippen LogP contribution >= 0.6 is 35.3 Å². The van der Waals surface area contributed by atoms with Gasteiger partial charge in [0.2, 0.25) is 0 Å². The first kappa shape index (κ1) is 32.7. The minimum absolute atomic E-state index is 0.0164. The molecule has 0 aromatic rings. The van der Waals surface area contributed by atoms with E-state index in [0.717, 1.165) is 23.0 Å². The highest BCUT2D eigenvalue weighted by molar-refractivity contribution is 8.04. The number of aliphatic hydroxyl groups is 7. The molecule has 0 heterocycles. The van der Waals surface area contributed by atoms with E-state index >= 15 is 0 Å². The zero-order chi connectivity index (χ0) is 24.0. The van der Waals surface area contributed by atoms with Gasteiger partial charge in [0.1, 0.15) is 12.2 Å². The summed E-state index contributed by atoms with van der Waals surface area (Å²) in [5.74, 6) is 4.13. The van der Waals surface area contributed by atoms with E-state index < -0.39 is 24.6 Å². The van der Waals surface area contributed by atoms with E-state index in [1.165, 1.54) is 0 Å². The molecule has 0 rings (SSSR count). The predicted molar refractivity (Wildman–Crippen MR) is 128 cm³/mol. The van der Waals surface area contributed by atoms with Gasteiger partial charge in [-0.3, -0.25) is 0 Å². The van der Waals surface area contributed by atoms with Crippen LogP contribution in [0.25, 0.3) is 0 Å². The minimum Gasteiger partial charge on any atom is -0.396 e. The molecule has 32 heavy (non-hydrogen) atoms. The Balaban J connectivity index is 3.94. The van der Waals surface area contributed by atoms with Gasteiger partial charge in [0.05, 0.1) is 57.6 Å². The predicted octanol–water partition coefficient (Wildman–Crippen LogP) is -1.63. The summed E-state index contributed by atoms with van der Waals surface area (Å²) in [6.07, 6.45) is -3.06. The van der Waals surface area contributed by atoms with Gasteiger partial charge in [0, 0.05) is 41.8 Å². The molecule has 194 valence electrons. The van der Waals surface area contributed by atoms with Crippen LogP contribution in [-0.2, 0) is 14.2 Å². The fourth-order valence-corrected chi connectivity index (χ4v) is 5.29. The highest BCUT2D eigenvalue weighted by Gasteiger charge is 2.17. The molecule has 0 aliphatic carbocycles. The average Bonchev–Trinajstić information content (AvgIpc) is 2.80. The number of ether oxygens (including phenoxy) is 3. The maximum atomic E-state index is 9.54. The van der Waals surface area contributed by atoms with Crippen molar-refractivity contribution in [2.75, 3.05) is 81.6 Å². The molecule has 0 fully saturated rings. The largest absolute Gasteiger partial charge is 0.396 e. The summed E-state index contributed by atoms with van der Waals surface area (Å²) in [6, 6.07) is 0. The van der Waals surface area contributed by atoms with Crippen molar-refractivity contribution in [1.82, 2.24) is 0 Å². The van der Waals surface area contributed by atoms with E-state index in [-0.39, 0.29) is 64.5 Å². The van der Waals surface area contributed by atoms with Crippen molar-refractivity contribution < 1.29 is 50.0 Å². The molecule has 5 unspecified atom stereocenters. The monoisotopic (exact) mass is 524 g/mol. The fraction of sp³-hybridized carbons (Fsp3) is 1.00. The second-order valence-corrected chi connectivity index (χ2v) is 10.6. The van der Waals surface area contributed by atoms with Crippen LogP contribution in [0.1, 0.15) is 6.42 Å². The van der Waals surface area contributed by atoms with E-state index in [1.54, 1.807) is 35.3 Å². The summed E-state index contributed by atoms with van der Waals surface area (Å²) in [4.78, 5) is 0. The third-order valence-electron chi connectivity index (χ3n) is 3.97. The van der Waals surface area contributed by atoms with Crippen LogP contribution in [0.5, 0.6) is 0 Å². The van der Waals surface area contributed by atoms with Gasteiger partial charge in [-0.1, -0.05) is 0 Å². The van der Waals surface area contributed by atoms with E-state index in [2.05, 4.69) is 0 Å². The molecule has 0 saturated heterocycles. The maximum absolute atomic E-state index is 9.54. The normalized spacial score (nSPS) is 16.6. The van der Waals surface area contributed by atoms with Crippen molar-refractivity contribution in [3.05, 3.63) is 0 Å². The summed E-state index contributed by atoms with van der Waals surface area (Å²) >= 11 is 4.97. The molecule has 7 N–H and O–H groups in total. The Morgan fingerprint density at radius 3 is 1.81 bits per heavy atom. The van der Waals surface area contributed by atoms with Crippen LogP contribution in [0, 0.1) is 0 Å². The van der Waals surface area contributed by atoms with Crippen molar-refractivity contribution >= 4 is 35.3 Å². The SMILES string of the molecule is OCCC(O)OCC(CO)OCC(CO)OCC(CO)SCCSCCSCC(O)CO. The minimum atomic E-state index is -1.14. The first-order valence-corrected chi connectivity index (χ1v) is 13.9. The summed E-state index contributed by atoms with van der Waals surface area (Å²) in [6.45, 7) is -0.915. The number of hydrogen-bond acceptors (Lipinski definition) is 13. The Bertz CT molecular complexity index is 400. The third-order valence-corrected chi connectivity index (χ3v) is 7.78. The molecular formula is C19H40O10S3. The number of aliphatic hydroxyl groups excluding tert-OH is 7. The lowest BCUT2D eigenvalue weighted by molar-refractivity contribution is -0.153. The highest BCUT2D eigenvalue weighted by Crippen LogP contribution is 2.16. The quantitative estimate of drug-likeness (QED) is 0.0568. The molecule has 0 amide bonds. The third kappa shape index (κ3) is 19.0. The standard InChI is InChI=1S/C19H40O10S3/c20-2-1-19(26)29-12-17(9-23)27-11-16(8-22)28-13-18(10-24)32-6-5-30-3-4-31-14-15(25)7-21/h15-26H,1-14H2. The van der Waals surface area contributed by atoms with Gasteiger partial charge in [-0.05, 0) is 0 Å². The van der Waals surface area contributed by atoms with Crippen molar-refractivity contribution in [1.29, 1.82) is 0 Å². The first-order chi connectivity index (χ1) is 15.5. The van der Waals surface area contributed by atoms with Crippen molar-refractivity contribution in [3.63, 3.8) is 0 Å². The summed E-state index contributed by atoms with van der Waals surface area (Å²) in [5, 5.41) is 64.4. The molecule has 10 nitrogen and oxygen atoms in total. The van der Waals surface area contributed by atoms with Gasteiger partial charge in [-0.2, -0.15) is 35.3 Å². The van der Waals surface area contributed by atoms with Crippen LogP contribution in [-0.4, -0.2) is 147 Å². The Hall–Kier alpha value is 0.650. The Labute approximate surface area is 203 Å². The molecule has 13 heteroatoms. The Morgan fingerprint density at radius 2 is 1.22 bits per heavy atom. The number of thioether (sulfide) groups is 3. The van der Waals surface area contributed by atoms with Crippen LogP contribution in [0.3, 0.4) is 0 Å². The lowest BCUT2D eigenvalue weighted by atomic mass is 10.3. The van der Waals surface area contributed by atoms with Gasteiger partial charge in [-0.15, -0.1) is 0 Å². The average molecular weight is 525 g/mol. The zero-order valence-corrected chi connectivity index (χ0v) is 20.8. The maximum Gasteiger partial charge on any atom is 0.156 e. The molecule has 0 aliphatic heterocycles. The van der Waals surface area contributed by atoms with Gasteiger partial charge >= 0.3 is 0 Å². The molecule has 0 aliphatic rings. The van der Waals surface area contributed by atoms with Gasteiger partial charge in [0.15, 0.2) is 6.29 Å². The smallest absolute Gasteiger partial charge is 0.156 e. The zero-order valence-electron chi connectivity index (χ0n) is 18.4. The molecule has 0 aromatic carbocycles. The Morgan fingerprint density at radius 1 is 0.625 bits per heavy atom. The number of rotatable bonds is 24. The highest BCUT2D eigenvalue weighted by atomic mass is 32.2. The number of hydrogen-bond donors (Lipinski definition) is 7. The molecule has 0 saturated carbocycles. The van der Waals surface area contributed by atoms with Gasteiger partial charge in [-0.25, -0.2) is 0 Å². The van der Waals surface area contributed by atoms with Crippen LogP contribution < -0.4 is 0 Å². The van der Waals surface area contributed by atoms with Crippen LogP contribution in [0.2, 0.25) is 0 Å². The van der Waals surface area contributed by atoms with E-state index in [9.17, 15) is 25.5 Å². The lowest BCUT2D eigenvalue weighted by Gasteiger charge is -2.23. The van der Waals surface area contributed by atoms with Gasteiger partial charge in [0.25, 0.3) is 0 Å². The van der Waals surface area contributed by atoms with Crippen molar-refractivity contribution in [2.45, 2.75) is 36.3 Å². The second-order valence-electron chi connectivity index (χ2n) is 6.78. The summed E-state index contributed by atoms with van der Waals surface area (Å²) in [5.41, 5.74) is 0. The molecule has 0 radical (unpaired) electrons. The van der Waals surface area contributed by atoms with E-state index in [1.807, 2.05) is 0 Å². The Kier molecular flexibility index (Phi) is 23.9. The van der Waals surface area contributed by atoms with Crippen molar-refractivity contribution in [3.8, 4) is 0 Å². The van der Waals surface area contributed by atoms with Crippen LogP contribution in [0.15, 0.2) is 0 Å². The summed E-state index contributed by atoms with van der Waals surface area (Å²) in [7, 11) is 0. The van der Waals surface area contributed by atoms with E-state index in [0.29, 0.717) is 5.75 Å². The lowest BCUT2D eigenvalue weighted by Crippen LogP contribution is -2.34. The fourth-order valence-electron chi connectivity index (χ4n) is 2.13. The van der Waals surface area contributed by atoms with Gasteiger partial charge < -0.3 is 50.0 Å². The molecule has 0 bridgehead atoms. The molecular weight excluding hydrogens is 484 g/mol.